The minimum atomic E-state index is -0.325. The second-order valence-electron chi connectivity index (χ2n) is 3.75. The van der Waals surface area contributed by atoms with E-state index in [2.05, 4.69) is 10.9 Å². The van der Waals surface area contributed by atoms with Crippen LogP contribution in [-0.4, -0.2) is 17.6 Å². The maximum atomic E-state index is 11.5. The highest BCUT2D eigenvalue weighted by molar-refractivity contribution is 5.96. The third-order valence-electron chi connectivity index (χ3n) is 1.86. The molecular weight excluding hydrogens is 192 g/mol. The van der Waals surface area contributed by atoms with Gasteiger partial charge in [0.2, 0.25) is 0 Å². The molecule has 1 rings (SSSR count). The summed E-state index contributed by atoms with van der Waals surface area (Å²) in [5.41, 5.74) is 5.59. The van der Waals surface area contributed by atoms with Gasteiger partial charge in [-0.3, -0.25) is 10.2 Å². The average molecular weight is 208 g/mol. The van der Waals surface area contributed by atoms with Crippen molar-refractivity contribution >= 4 is 5.91 Å². The molecule has 0 heterocycles. The molecule has 0 aliphatic rings. The predicted molar refractivity (Wildman–Crippen MR) is 58.4 cm³/mol. The van der Waals surface area contributed by atoms with Gasteiger partial charge in [0.05, 0.1) is 5.56 Å². The Hall–Kier alpha value is -1.55. The summed E-state index contributed by atoms with van der Waals surface area (Å²) in [5.74, 6) is 0.116. The Morgan fingerprint density at radius 2 is 2.07 bits per heavy atom. The van der Waals surface area contributed by atoms with Gasteiger partial charge in [0.25, 0.3) is 5.91 Å². The molecule has 0 fully saturated rings. The van der Waals surface area contributed by atoms with Crippen LogP contribution in [0.3, 0.4) is 0 Å². The van der Waals surface area contributed by atoms with Gasteiger partial charge in [-0.05, 0) is 18.1 Å². The van der Waals surface area contributed by atoms with Crippen molar-refractivity contribution in [1.82, 2.24) is 10.9 Å². The summed E-state index contributed by atoms with van der Waals surface area (Å²) >= 11 is 0. The first-order chi connectivity index (χ1) is 7.11. The molecule has 1 aromatic carbocycles. The summed E-state index contributed by atoms with van der Waals surface area (Å²) in [4.78, 5) is 11.5. The fourth-order valence-corrected chi connectivity index (χ4v) is 1.07. The molecule has 3 N–H and O–H groups in total. The predicted octanol–water partition coefficient (Wildman–Crippen LogP) is 1.28. The van der Waals surface area contributed by atoms with E-state index in [1.165, 1.54) is 6.07 Å². The van der Waals surface area contributed by atoms with Crippen LogP contribution in [0.5, 0.6) is 5.75 Å². The van der Waals surface area contributed by atoms with E-state index in [1.54, 1.807) is 18.2 Å². The zero-order valence-electron chi connectivity index (χ0n) is 8.95. The summed E-state index contributed by atoms with van der Waals surface area (Å²) in [6.07, 6.45) is 0. The number of carbonyl (C=O) groups excluding carboxylic acids is 1. The Kier molecular flexibility index (Phi) is 4.12. The van der Waals surface area contributed by atoms with Crippen molar-refractivity contribution in [3.05, 3.63) is 29.8 Å². The molecule has 0 spiro atoms. The lowest BCUT2D eigenvalue weighted by atomic mass is 10.2. The SMILES string of the molecule is CC(C)CNNC(=O)c1ccccc1O. The Bertz CT molecular complexity index is 337. The normalized spacial score (nSPS) is 10.3. The van der Waals surface area contributed by atoms with E-state index in [1.807, 2.05) is 13.8 Å². The van der Waals surface area contributed by atoms with Crippen LogP contribution in [0.2, 0.25) is 0 Å². The van der Waals surface area contributed by atoms with Gasteiger partial charge in [-0.15, -0.1) is 0 Å². The first-order valence-electron chi connectivity index (χ1n) is 4.92. The molecule has 4 nitrogen and oxygen atoms in total. The molecule has 0 aromatic heterocycles. The smallest absolute Gasteiger partial charge is 0.269 e. The molecular formula is C11H16N2O2. The van der Waals surface area contributed by atoms with E-state index in [9.17, 15) is 9.90 Å². The minimum Gasteiger partial charge on any atom is -0.507 e. The highest BCUT2D eigenvalue weighted by Crippen LogP contribution is 2.14. The van der Waals surface area contributed by atoms with Crippen molar-refractivity contribution in [1.29, 1.82) is 0 Å². The van der Waals surface area contributed by atoms with Gasteiger partial charge in [0.1, 0.15) is 5.75 Å². The first kappa shape index (κ1) is 11.5. The Labute approximate surface area is 89.3 Å². The van der Waals surface area contributed by atoms with Gasteiger partial charge in [-0.25, -0.2) is 5.43 Å². The van der Waals surface area contributed by atoms with Crippen LogP contribution in [0.1, 0.15) is 24.2 Å². The summed E-state index contributed by atoms with van der Waals surface area (Å²) < 4.78 is 0. The van der Waals surface area contributed by atoms with E-state index in [0.29, 0.717) is 12.5 Å². The molecule has 0 saturated carbocycles. The van der Waals surface area contributed by atoms with E-state index >= 15 is 0 Å². The summed E-state index contributed by atoms with van der Waals surface area (Å²) in [7, 11) is 0. The van der Waals surface area contributed by atoms with Gasteiger partial charge in [0.15, 0.2) is 0 Å². The molecule has 15 heavy (non-hydrogen) atoms. The standard InChI is InChI=1S/C11H16N2O2/c1-8(2)7-12-13-11(15)9-5-3-4-6-10(9)14/h3-6,8,12,14H,7H2,1-2H3,(H,13,15). The molecule has 1 aromatic rings. The Balaban J connectivity index is 2.51. The molecule has 0 atom stereocenters. The van der Waals surface area contributed by atoms with Crippen LogP contribution in [0.4, 0.5) is 0 Å². The minimum absolute atomic E-state index is 0.0126. The molecule has 1 amide bonds. The maximum Gasteiger partial charge on any atom is 0.269 e. The molecule has 0 bridgehead atoms. The topological polar surface area (TPSA) is 61.4 Å². The largest absolute Gasteiger partial charge is 0.507 e. The van der Waals surface area contributed by atoms with Crippen LogP contribution in [0.15, 0.2) is 24.3 Å². The number of phenols is 1. The van der Waals surface area contributed by atoms with Crippen molar-refractivity contribution in [3.63, 3.8) is 0 Å². The maximum absolute atomic E-state index is 11.5. The zero-order valence-corrected chi connectivity index (χ0v) is 8.95. The molecule has 0 saturated heterocycles. The number of amides is 1. The third-order valence-corrected chi connectivity index (χ3v) is 1.86. The molecule has 0 unspecified atom stereocenters. The van der Waals surface area contributed by atoms with E-state index in [4.69, 9.17) is 0 Å². The summed E-state index contributed by atoms with van der Waals surface area (Å²) in [5, 5.41) is 9.40. The lowest BCUT2D eigenvalue weighted by Gasteiger charge is -2.09. The molecule has 0 aliphatic carbocycles. The number of hydrogen-bond donors (Lipinski definition) is 3. The zero-order chi connectivity index (χ0) is 11.3. The summed E-state index contributed by atoms with van der Waals surface area (Å²) in [6.45, 7) is 4.78. The van der Waals surface area contributed by atoms with Crippen molar-refractivity contribution in [2.24, 2.45) is 5.92 Å². The highest BCUT2D eigenvalue weighted by Gasteiger charge is 2.08. The van der Waals surface area contributed by atoms with Gasteiger partial charge >= 0.3 is 0 Å². The van der Waals surface area contributed by atoms with Crippen molar-refractivity contribution < 1.29 is 9.90 Å². The second kappa shape index (κ2) is 5.36. The van der Waals surface area contributed by atoms with Crippen LogP contribution in [-0.2, 0) is 0 Å². The highest BCUT2D eigenvalue weighted by atomic mass is 16.3. The van der Waals surface area contributed by atoms with Crippen LogP contribution in [0, 0.1) is 5.92 Å². The van der Waals surface area contributed by atoms with Crippen molar-refractivity contribution in [2.75, 3.05) is 6.54 Å². The molecule has 82 valence electrons. The number of carbonyl (C=O) groups is 1. The quantitative estimate of drug-likeness (QED) is 0.653. The molecule has 4 heteroatoms. The number of hydrazine groups is 1. The number of benzene rings is 1. The Morgan fingerprint density at radius 1 is 1.40 bits per heavy atom. The fraction of sp³-hybridized carbons (Fsp3) is 0.364. The lowest BCUT2D eigenvalue weighted by molar-refractivity contribution is 0.0929. The van der Waals surface area contributed by atoms with Gasteiger partial charge in [0, 0.05) is 6.54 Å². The van der Waals surface area contributed by atoms with Crippen LogP contribution < -0.4 is 10.9 Å². The third kappa shape index (κ3) is 3.59. The molecule has 0 aliphatic heterocycles. The van der Waals surface area contributed by atoms with Crippen molar-refractivity contribution in [2.45, 2.75) is 13.8 Å². The number of para-hydroxylation sites is 1. The van der Waals surface area contributed by atoms with Crippen LogP contribution >= 0.6 is 0 Å². The number of aromatic hydroxyl groups is 1. The van der Waals surface area contributed by atoms with Crippen molar-refractivity contribution in [3.8, 4) is 5.75 Å². The number of rotatable bonds is 4. The number of phenolic OH excluding ortho intramolecular Hbond substituents is 1. The van der Waals surface area contributed by atoms with Gasteiger partial charge in [-0.2, -0.15) is 0 Å². The van der Waals surface area contributed by atoms with Gasteiger partial charge in [-0.1, -0.05) is 26.0 Å². The summed E-state index contributed by atoms with van der Waals surface area (Å²) in [6, 6.07) is 6.43. The monoisotopic (exact) mass is 208 g/mol. The lowest BCUT2D eigenvalue weighted by Crippen LogP contribution is -2.39. The van der Waals surface area contributed by atoms with E-state index in [0.717, 1.165) is 0 Å². The van der Waals surface area contributed by atoms with E-state index < -0.39 is 0 Å². The van der Waals surface area contributed by atoms with Gasteiger partial charge < -0.3 is 5.11 Å². The van der Waals surface area contributed by atoms with E-state index in [-0.39, 0.29) is 17.2 Å². The van der Waals surface area contributed by atoms with Crippen LogP contribution in [0.25, 0.3) is 0 Å². The fourth-order valence-electron chi connectivity index (χ4n) is 1.07. The number of nitrogens with one attached hydrogen (secondary N) is 2. The molecule has 0 radical (unpaired) electrons. The Morgan fingerprint density at radius 3 is 2.67 bits per heavy atom. The second-order valence-corrected chi connectivity index (χ2v) is 3.75. The average Bonchev–Trinajstić information content (AvgIpc) is 2.17. The number of hydrogen-bond acceptors (Lipinski definition) is 3. The first-order valence-corrected chi connectivity index (χ1v) is 4.92.